The number of guanidine groups is 1. The van der Waals surface area contributed by atoms with Crippen LogP contribution in [-0.4, -0.2) is 48.5 Å². The third kappa shape index (κ3) is 9.00. The molecule has 2 aromatic carbocycles. The van der Waals surface area contributed by atoms with Crippen molar-refractivity contribution in [1.29, 1.82) is 5.41 Å². The van der Waals surface area contributed by atoms with E-state index in [1.807, 2.05) is 4.72 Å². The second kappa shape index (κ2) is 11.9. The average molecular weight is 511 g/mol. The molecule has 0 aromatic heterocycles. The molecule has 0 fully saturated rings. The van der Waals surface area contributed by atoms with Crippen LogP contribution < -0.4 is 25.2 Å². The number of nitrogens with two attached hydrogens (primary N) is 1. The van der Waals surface area contributed by atoms with Crippen molar-refractivity contribution in [3.63, 3.8) is 0 Å². The Hall–Kier alpha value is -4.08. The Morgan fingerprint density at radius 2 is 1.77 bits per heavy atom. The van der Waals surface area contributed by atoms with E-state index in [1.165, 1.54) is 36.4 Å². The number of benzene rings is 2. The van der Waals surface area contributed by atoms with Gasteiger partial charge in [-0.05, 0) is 36.8 Å². The minimum absolute atomic E-state index is 0.132. The molecule has 0 saturated heterocycles. The van der Waals surface area contributed by atoms with Crippen LogP contribution in [0.3, 0.4) is 0 Å². The van der Waals surface area contributed by atoms with E-state index in [0.29, 0.717) is 5.69 Å². The molecule has 15 heteroatoms. The number of carbonyl (C=O) groups excluding carboxylic acids is 1. The van der Waals surface area contributed by atoms with Crippen molar-refractivity contribution in [2.75, 3.05) is 5.32 Å². The Morgan fingerprint density at radius 3 is 2.31 bits per heavy atom. The van der Waals surface area contributed by atoms with Crippen LogP contribution in [0.25, 0.3) is 0 Å². The number of carboxylic acids is 2. The van der Waals surface area contributed by atoms with Crippen LogP contribution in [0.1, 0.15) is 28.8 Å². The van der Waals surface area contributed by atoms with Gasteiger partial charge in [0.15, 0.2) is 5.96 Å². The highest BCUT2D eigenvalue weighted by Crippen LogP contribution is 2.19. The van der Waals surface area contributed by atoms with Gasteiger partial charge in [0.1, 0.15) is 17.6 Å². The van der Waals surface area contributed by atoms with Crippen LogP contribution in [0.4, 0.5) is 10.1 Å². The number of anilines is 1. The van der Waals surface area contributed by atoms with E-state index in [4.69, 9.17) is 26.1 Å². The lowest BCUT2D eigenvalue weighted by atomic mass is 10.2. The molecule has 0 aliphatic carbocycles. The van der Waals surface area contributed by atoms with Gasteiger partial charge in [-0.1, -0.05) is 6.07 Å². The highest BCUT2D eigenvalue weighted by atomic mass is 32.2. The first-order valence-corrected chi connectivity index (χ1v) is 11.3. The molecular weight excluding hydrogens is 489 g/mol. The number of rotatable bonds is 12. The zero-order valence-corrected chi connectivity index (χ0v) is 18.8. The predicted molar refractivity (Wildman–Crippen MR) is 121 cm³/mol. The summed E-state index contributed by atoms with van der Waals surface area (Å²) in [6, 6.07) is 7.35. The van der Waals surface area contributed by atoms with Crippen molar-refractivity contribution in [1.82, 2.24) is 9.44 Å². The number of carboxylic acid groups (broad SMARTS) is 2. The molecule has 1 atom stereocenters. The van der Waals surface area contributed by atoms with E-state index >= 15 is 0 Å². The zero-order valence-electron chi connectivity index (χ0n) is 17.9. The van der Waals surface area contributed by atoms with Crippen LogP contribution in [0.5, 0.6) is 5.75 Å². The molecule has 0 heterocycles. The van der Waals surface area contributed by atoms with Gasteiger partial charge in [-0.2, -0.15) is 17.9 Å². The first kappa shape index (κ1) is 27.2. The maximum absolute atomic E-state index is 14.4. The lowest BCUT2D eigenvalue weighted by Gasteiger charge is -2.15. The Labute approximate surface area is 198 Å². The molecule has 2 rings (SSSR count). The summed E-state index contributed by atoms with van der Waals surface area (Å²) in [6.07, 6.45) is -1.07. The summed E-state index contributed by atoms with van der Waals surface area (Å²) in [6.45, 7) is -0.564. The fourth-order valence-electron chi connectivity index (χ4n) is 2.65. The summed E-state index contributed by atoms with van der Waals surface area (Å²) in [5.74, 6) is -5.00. The lowest BCUT2D eigenvalue weighted by molar-refractivity contribution is -0.140. The molecule has 13 nitrogen and oxygen atoms in total. The standard InChI is InChI=1S/C20H22FN5O8S/c21-15-9-14(34-19(31)11-1-4-13(5-2-11)25-20(22)23)6-3-12(15)10-24-35(32,33)26-16(18(29)30)7-8-17(27)28/h1-6,9,16,24,26H,7-8,10H2,(H,27,28)(H,29,30)(H4,22,23,25)/t16-/m0/s1. The van der Waals surface area contributed by atoms with E-state index in [9.17, 15) is 27.2 Å². The van der Waals surface area contributed by atoms with Crippen molar-refractivity contribution in [3.05, 3.63) is 59.4 Å². The number of ether oxygens (including phenoxy) is 1. The van der Waals surface area contributed by atoms with Crippen molar-refractivity contribution in [3.8, 4) is 5.75 Å². The number of nitrogens with one attached hydrogen (secondary N) is 4. The van der Waals surface area contributed by atoms with Gasteiger partial charge < -0.3 is 26.0 Å². The zero-order chi connectivity index (χ0) is 26.2. The van der Waals surface area contributed by atoms with E-state index in [0.717, 1.165) is 6.07 Å². The van der Waals surface area contributed by atoms with Gasteiger partial charge in [-0.15, -0.1) is 0 Å². The summed E-state index contributed by atoms with van der Waals surface area (Å²) < 4.78 is 47.4. The minimum atomic E-state index is -4.42. The first-order chi connectivity index (χ1) is 16.4. The van der Waals surface area contributed by atoms with Gasteiger partial charge >= 0.3 is 17.9 Å². The third-order valence-corrected chi connectivity index (χ3v) is 5.45. The second-order valence-electron chi connectivity index (χ2n) is 7.02. The monoisotopic (exact) mass is 511 g/mol. The smallest absolute Gasteiger partial charge is 0.343 e. The molecule has 0 unspecified atom stereocenters. The number of aliphatic carboxylic acids is 2. The van der Waals surface area contributed by atoms with Crippen molar-refractivity contribution in [2.24, 2.45) is 5.73 Å². The third-order valence-electron chi connectivity index (χ3n) is 4.33. The SMILES string of the molecule is N=C(N)Nc1ccc(C(=O)Oc2ccc(CNS(=O)(=O)N[C@@H](CCC(=O)O)C(=O)O)c(F)c2)cc1. The minimum Gasteiger partial charge on any atom is -0.481 e. The first-order valence-electron chi connectivity index (χ1n) is 9.79. The van der Waals surface area contributed by atoms with E-state index < -0.39 is 59.4 Å². The molecular formula is C20H22FN5O8S. The fourth-order valence-corrected chi connectivity index (χ4v) is 3.67. The maximum Gasteiger partial charge on any atom is 0.343 e. The maximum atomic E-state index is 14.4. The van der Waals surface area contributed by atoms with Crippen LogP contribution >= 0.6 is 0 Å². The Bertz CT molecular complexity index is 1220. The topological polar surface area (TPSA) is 221 Å². The van der Waals surface area contributed by atoms with Gasteiger partial charge in [0, 0.05) is 30.3 Å². The average Bonchev–Trinajstić information content (AvgIpc) is 2.75. The summed E-state index contributed by atoms with van der Waals surface area (Å²) in [7, 11) is -4.42. The quantitative estimate of drug-likeness (QED) is 0.0909. The number of carbonyl (C=O) groups is 3. The number of halogens is 1. The van der Waals surface area contributed by atoms with Gasteiger partial charge in [0.25, 0.3) is 10.2 Å². The number of hydrogen-bond donors (Lipinski definition) is 7. The number of esters is 1. The molecule has 2 aromatic rings. The summed E-state index contributed by atoms with van der Waals surface area (Å²) in [5.41, 5.74) is 5.69. The summed E-state index contributed by atoms with van der Waals surface area (Å²) in [4.78, 5) is 34.0. The van der Waals surface area contributed by atoms with Crippen molar-refractivity contribution in [2.45, 2.75) is 25.4 Å². The molecule has 0 bridgehead atoms. The highest BCUT2D eigenvalue weighted by molar-refractivity contribution is 7.87. The van der Waals surface area contributed by atoms with Crippen LogP contribution in [0.2, 0.25) is 0 Å². The molecule has 0 amide bonds. The van der Waals surface area contributed by atoms with E-state index in [1.54, 1.807) is 4.72 Å². The van der Waals surface area contributed by atoms with Gasteiger partial charge in [0.2, 0.25) is 0 Å². The normalized spacial score (nSPS) is 11.9. The Kier molecular flexibility index (Phi) is 9.21. The molecule has 0 aliphatic heterocycles. The van der Waals surface area contributed by atoms with Gasteiger partial charge in [-0.3, -0.25) is 15.0 Å². The van der Waals surface area contributed by atoms with Crippen LogP contribution in [0, 0.1) is 11.2 Å². The largest absolute Gasteiger partial charge is 0.481 e. The van der Waals surface area contributed by atoms with Gasteiger partial charge in [-0.25, -0.2) is 9.18 Å². The molecule has 0 spiro atoms. The Morgan fingerprint density at radius 1 is 1.11 bits per heavy atom. The Balaban J connectivity index is 1.98. The van der Waals surface area contributed by atoms with Crippen LogP contribution in [0.15, 0.2) is 42.5 Å². The van der Waals surface area contributed by atoms with Crippen molar-refractivity contribution >= 4 is 39.8 Å². The fraction of sp³-hybridized carbons (Fsp3) is 0.200. The second-order valence-corrected chi connectivity index (χ2v) is 8.56. The highest BCUT2D eigenvalue weighted by Gasteiger charge is 2.24. The van der Waals surface area contributed by atoms with E-state index in [-0.39, 0.29) is 22.8 Å². The molecule has 0 radical (unpaired) electrons. The summed E-state index contributed by atoms with van der Waals surface area (Å²) in [5, 5.41) is 27.4. The molecule has 0 saturated carbocycles. The van der Waals surface area contributed by atoms with Crippen LogP contribution in [-0.2, 0) is 26.3 Å². The molecule has 8 N–H and O–H groups in total. The molecule has 188 valence electrons. The van der Waals surface area contributed by atoms with Crippen molar-refractivity contribution < 1.29 is 42.1 Å². The molecule has 0 aliphatic rings. The van der Waals surface area contributed by atoms with Gasteiger partial charge in [0.05, 0.1) is 5.56 Å². The lowest BCUT2D eigenvalue weighted by Crippen LogP contribution is -2.46. The predicted octanol–water partition coefficient (Wildman–Crippen LogP) is 0.592. The molecule has 35 heavy (non-hydrogen) atoms. The summed E-state index contributed by atoms with van der Waals surface area (Å²) >= 11 is 0. The number of hydrogen-bond acceptors (Lipinski definition) is 7. The van der Waals surface area contributed by atoms with E-state index in [2.05, 4.69) is 5.32 Å².